The highest BCUT2D eigenvalue weighted by Crippen LogP contribution is 2.36. The Hall–Kier alpha value is -4.43. The molecule has 2 aromatic heterocycles. The maximum Gasteiger partial charge on any atom is 0.310 e. The van der Waals surface area contributed by atoms with Crippen LogP contribution in [0.25, 0.3) is 28.0 Å². The Bertz CT molecular complexity index is 1670. The number of benzene rings is 2. The number of piperidine rings is 1. The number of ether oxygens (including phenoxy) is 3. The van der Waals surface area contributed by atoms with Crippen molar-refractivity contribution in [2.75, 3.05) is 37.8 Å². The first kappa shape index (κ1) is 31.0. The second-order valence-corrected chi connectivity index (χ2v) is 11.5. The molecule has 0 amide bonds. The van der Waals surface area contributed by atoms with Crippen LogP contribution in [-0.2, 0) is 20.7 Å². The fourth-order valence-corrected chi connectivity index (χ4v) is 5.74. The molecule has 0 atom stereocenters. The van der Waals surface area contributed by atoms with E-state index in [-0.39, 0.29) is 18.0 Å². The lowest BCUT2D eigenvalue weighted by Crippen LogP contribution is -2.45. The number of aromatic nitrogens is 3. The van der Waals surface area contributed by atoms with Gasteiger partial charge in [0.1, 0.15) is 18.2 Å². The van der Waals surface area contributed by atoms with Crippen molar-refractivity contribution in [3.8, 4) is 28.1 Å². The van der Waals surface area contributed by atoms with Gasteiger partial charge in [-0.15, -0.1) is 6.58 Å². The lowest BCUT2D eigenvalue weighted by molar-refractivity contribution is -0.142. The molecule has 1 aliphatic heterocycles. The van der Waals surface area contributed by atoms with Crippen LogP contribution in [0, 0.1) is 13.8 Å². The van der Waals surface area contributed by atoms with E-state index in [1.54, 1.807) is 12.2 Å². The van der Waals surface area contributed by atoms with Crippen LogP contribution in [0.3, 0.4) is 0 Å². The summed E-state index contributed by atoms with van der Waals surface area (Å²) in [5.74, 6) is 1.42. The van der Waals surface area contributed by atoms with E-state index in [1.807, 2.05) is 36.6 Å². The molecule has 5 rings (SSSR count). The number of carbonyl (C=O) groups excluding carboxylic acids is 1. The molecule has 1 fully saturated rings. The largest absolute Gasteiger partial charge is 0.489 e. The third-order valence-electron chi connectivity index (χ3n) is 8.14. The molecule has 1 aliphatic rings. The number of nitrogens with zero attached hydrogens (tertiary/aromatic N) is 4. The standard InChI is InChI=1S/C36H42N4O4/c1-7-19-43-32-21-25(4)13-14-29(32)27-11-10-12-28(22-27)31-24-33-37-26(5)30(23-34(41)42-9-3)35(40(33)38-31)39-17-15-36(6,16-18-39)44-20-8-2/h7-8,10-14,21-22,24H,1-2,9,15-20,23H2,3-6H3. The predicted octanol–water partition coefficient (Wildman–Crippen LogP) is 6.91. The van der Waals surface area contributed by atoms with Gasteiger partial charge in [0.2, 0.25) is 0 Å². The van der Waals surface area contributed by atoms with Gasteiger partial charge >= 0.3 is 5.97 Å². The molecule has 0 aliphatic carbocycles. The lowest BCUT2D eigenvalue weighted by Gasteiger charge is -2.40. The molecule has 2 aromatic carbocycles. The van der Waals surface area contributed by atoms with Crippen LogP contribution in [0.2, 0.25) is 0 Å². The Morgan fingerprint density at radius 3 is 2.50 bits per heavy atom. The number of rotatable bonds is 12. The molecule has 0 spiro atoms. The van der Waals surface area contributed by atoms with E-state index in [1.165, 1.54) is 0 Å². The molecule has 4 aromatic rings. The minimum atomic E-state index is -0.276. The van der Waals surface area contributed by atoms with Gasteiger partial charge in [0, 0.05) is 41.5 Å². The molecule has 0 bridgehead atoms. The number of hydrogen-bond donors (Lipinski definition) is 0. The second-order valence-electron chi connectivity index (χ2n) is 11.5. The molecule has 0 unspecified atom stereocenters. The van der Waals surface area contributed by atoms with Gasteiger partial charge in [0.15, 0.2) is 5.65 Å². The van der Waals surface area contributed by atoms with Crippen LogP contribution in [0.5, 0.6) is 5.75 Å². The molecule has 44 heavy (non-hydrogen) atoms. The number of anilines is 1. The van der Waals surface area contributed by atoms with Gasteiger partial charge in [-0.2, -0.15) is 9.61 Å². The van der Waals surface area contributed by atoms with Crippen LogP contribution in [0.15, 0.2) is 73.8 Å². The summed E-state index contributed by atoms with van der Waals surface area (Å²) in [5, 5.41) is 5.09. The first-order valence-electron chi connectivity index (χ1n) is 15.2. The number of aryl methyl sites for hydroxylation is 2. The van der Waals surface area contributed by atoms with Gasteiger partial charge in [-0.1, -0.05) is 49.1 Å². The van der Waals surface area contributed by atoms with Crippen LogP contribution >= 0.6 is 0 Å². The fourth-order valence-electron chi connectivity index (χ4n) is 5.74. The quantitative estimate of drug-likeness (QED) is 0.130. The first-order chi connectivity index (χ1) is 21.2. The molecule has 8 heteroatoms. The topological polar surface area (TPSA) is 78.2 Å². The maximum absolute atomic E-state index is 12.7. The highest BCUT2D eigenvalue weighted by atomic mass is 16.5. The molecule has 230 valence electrons. The van der Waals surface area contributed by atoms with Crippen molar-refractivity contribution in [2.24, 2.45) is 0 Å². The van der Waals surface area contributed by atoms with Gasteiger partial charge in [0.05, 0.1) is 30.9 Å². The van der Waals surface area contributed by atoms with E-state index in [2.05, 4.69) is 62.2 Å². The maximum atomic E-state index is 12.7. The van der Waals surface area contributed by atoms with Crippen LogP contribution in [-0.4, -0.2) is 59.1 Å². The van der Waals surface area contributed by atoms with Crippen molar-refractivity contribution in [1.82, 2.24) is 14.6 Å². The average molecular weight is 595 g/mol. The Kier molecular flexibility index (Phi) is 9.49. The van der Waals surface area contributed by atoms with Crippen molar-refractivity contribution in [2.45, 2.75) is 52.6 Å². The van der Waals surface area contributed by atoms with Gasteiger partial charge in [-0.05, 0) is 63.8 Å². The Morgan fingerprint density at radius 1 is 1.02 bits per heavy atom. The zero-order valence-corrected chi connectivity index (χ0v) is 26.3. The van der Waals surface area contributed by atoms with E-state index in [0.717, 1.165) is 82.4 Å². The van der Waals surface area contributed by atoms with Crippen molar-refractivity contribution in [3.05, 3.63) is 90.7 Å². The summed E-state index contributed by atoms with van der Waals surface area (Å²) in [6.45, 7) is 18.4. The Balaban J connectivity index is 1.56. The van der Waals surface area contributed by atoms with Crippen molar-refractivity contribution >= 4 is 17.4 Å². The summed E-state index contributed by atoms with van der Waals surface area (Å²) in [4.78, 5) is 19.9. The predicted molar refractivity (Wildman–Crippen MR) is 175 cm³/mol. The summed E-state index contributed by atoms with van der Waals surface area (Å²) < 4.78 is 19.4. The molecule has 3 heterocycles. The van der Waals surface area contributed by atoms with Crippen LogP contribution in [0.4, 0.5) is 5.82 Å². The summed E-state index contributed by atoms with van der Waals surface area (Å²) >= 11 is 0. The molecule has 8 nitrogen and oxygen atoms in total. The summed E-state index contributed by atoms with van der Waals surface area (Å²) in [7, 11) is 0. The van der Waals surface area contributed by atoms with Crippen molar-refractivity contribution in [3.63, 3.8) is 0 Å². The zero-order chi connectivity index (χ0) is 31.3. The summed E-state index contributed by atoms with van der Waals surface area (Å²) in [6.07, 6.45) is 5.35. The van der Waals surface area contributed by atoms with Crippen molar-refractivity contribution in [1.29, 1.82) is 0 Å². The van der Waals surface area contributed by atoms with Crippen LogP contribution < -0.4 is 9.64 Å². The van der Waals surface area contributed by atoms with E-state index in [0.29, 0.717) is 19.8 Å². The first-order valence-corrected chi connectivity index (χ1v) is 15.2. The number of fused-ring (bicyclic) bond motifs is 1. The SMILES string of the molecule is C=CCOc1cc(C)ccc1-c1cccc(-c2cc3nc(C)c(CC(=O)OCC)c(N4CCC(C)(OCC=C)CC4)n3n2)c1. The Labute approximate surface area is 260 Å². The highest BCUT2D eigenvalue weighted by Gasteiger charge is 2.33. The summed E-state index contributed by atoms with van der Waals surface area (Å²) in [6, 6.07) is 16.5. The molecule has 1 saturated heterocycles. The molecular weight excluding hydrogens is 552 g/mol. The Morgan fingerprint density at radius 2 is 1.77 bits per heavy atom. The highest BCUT2D eigenvalue weighted by molar-refractivity contribution is 5.78. The van der Waals surface area contributed by atoms with Crippen LogP contribution in [0.1, 0.15) is 43.5 Å². The van der Waals surface area contributed by atoms with E-state index >= 15 is 0 Å². The molecule has 0 radical (unpaired) electrons. The molecular formula is C36H42N4O4. The van der Waals surface area contributed by atoms with Gasteiger partial charge in [0.25, 0.3) is 0 Å². The van der Waals surface area contributed by atoms with Gasteiger partial charge in [-0.3, -0.25) is 4.79 Å². The third-order valence-corrected chi connectivity index (χ3v) is 8.14. The molecule has 0 saturated carbocycles. The fraction of sp³-hybridized carbons (Fsp3) is 0.361. The van der Waals surface area contributed by atoms with E-state index in [4.69, 9.17) is 24.3 Å². The average Bonchev–Trinajstić information content (AvgIpc) is 3.44. The van der Waals surface area contributed by atoms with E-state index in [9.17, 15) is 4.79 Å². The normalized spacial score (nSPS) is 14.4. The van der Waals surface area contributed by atoms with E-state index < -0.39 is 0 Å². The smallest absolute Gasteiger partial charge is 0.310 e. The second kappa shape index (κ2) is 13.5. The summed E-state index contributed by atoms with van der Waals surface area (Å²) in [5.41, 5.74) is 7.04. The van der Waals surface area contributed by atoms with Crippen molar-refractivity contribution < 1.29 is 19.0 Å². The monoisotopic (exact) mass is 594 g/mol. The third kappa shape index (κ3) is 6.70. The van der Waals surface area contributed by atoms with Gasteiger partial charge in [-0.25, -0.2) is 4.98 Å². The minimum absolute atomic E-state index is 0.129. The van der Waals surface area contributed by atoms with Gasteiger partial charge < -0.3 is 19.1 Å². The lowest BCUT2D eigenvalue weighted by atomic mass is 9.93. The minimum Gasteiger partial charge on any atom is -0.489 e. The molecule has 0 N–H and O–H groups in total. The number of esters is 1. The number of carbonyl (C=O) groups is 1. The zero-order valence-electron chi connectivity index (χ0n) is 26.3. The number of hydrogen-bond acceptors (Lipinski definition) is 7.